The number of hydrogen-bond donors (Lipinski definition) is 0. The molecule has 0 bridgehead atoms. The molecular weight excluding hydrogens is 426 g/mol. The maximum atomic E-state index is 9.54. The van der Waals surface area contributed by atoms with E-state index in [0.717, 1.165) is 24.2 Å². The number of rotatable bonds is 4. The van der Waals surface area contributed by atoms with Crippen LogP contribution in [0.15, 0.2) is 108 Å². The molecule has 6 rings (SSSR count). The van der Waals surface area contributed by atoms with Gasteiger partial charge in [0.2, 0.25) is 0 Å². The van der Waals surface area contributed by atoms with E-state index >= 15 is 0 Å². The Morgan fingerprint density at radius 2 is 1.77 bits per heavy atom. The Balaban J connectivity index is 1.59. The maximum Gasteiger partial charge on any atom is 0.0992 e. The van der Waals surface area contributed by atoms with Gasteiger partial charge in [0.05, 0.1) is 28.5 Å². The first-order valence-electron chi connectivity index (χ1n) is 12.0. The Kier molecular flexibility index (Phi) is 5.03. The van der Waals surface area contributed by atoms with Crippen molar-refractivity contribution in [2.45, 2.75) is 26.7 Å². The molecule has 3 aromatic carbocycles. The molecule has 0 unspecified atom stereocenters. The number of hydrogen-bond acceptors (Lipinski definition) is 2. The van der Waals surface area contributed by atoms with Crippen molar-refractivity contribution in [1.29, 1.82) is 5.26 Å². The Bertz CT molecular complexity index is 1660. The van der Waals surface area contributed by atoms with E-state index in [4.69, 9.17) is 0 Å². The third-order valence-corrected chi connectivity index (χ3v) is 6.90. The molecular formula is C32H25N3. The molecule has 35 heavy (non-hydrogen) atoms. The number of fused-ring (bicyclic) bond motifs is 3. The van der Waals surface area contributed by atoms with Gasteiger partial charge in [-0.15, -0.1) is 5.73 Å². The monoisotopic (exact) mass is 451 g/mol. The van der Waals surface area contributed by atoms with Crippen molar-refractivity contribution in [1.82, 2.24) is 4.57 Å². The summed E-state index contributed by atoms with van der Waals surface area (Å²) in [5.74, 6) is 0. The van der Waals surface area contributed by atoms with Gasteiger partial charge in [0.1, 0.15) is 0 Å². The van der Waals surface area contributed by atoms with Crippen LogP contribution in [-0.2, 0) is 6.42 Å². The maximum absolute atomic E-state index is 9.54. The lowest BCUT2D eigenvalue weighted by Crippen LogP contribution is -2.23. The van der Waals surface area contributed by atoms with Crippen LogP contribution in [0.2, 0.25) is 0 Å². The van der Waals surface area contributed by atoms with Crippen molar-refractivity contribution >= 4 is 22.7 Å². The average molecular weight is 452 g/mol. The summed E-state index contributed by atoms with van der Waals surface area (Å²) in [6, 6.07) is 27.6. The molecule has 0 saturated heterocycles. The molecule has 2 aliphatic carbocycles. The first kappa shape index (κ1) is 21.1. The van der Waals surface area contributed by atoms with Gasteiger partial charge in [-0.25, -0.2) is 0 Å². The first-order valence-corrected chi connectivity index (χ1v) is 12.0. The SMILES string of the molecule is CC1=C(N(C2=Cc3c(c4ccccc4n3-c3cccc(C)c3)CC2)c2cccc(C#N)c2)C=C=C1. The molecule has 3 nitrogen and oxygen atoms in total. The summed E-state index contributed by atoms with van der Waals surface area (Å²) < 4.78 is 2.39. The molecule has 3 heteroatoms. The molecule has 0 fully saturated rings. The van der Waals surface area contributed by atoms with Crippen molar-refractivity contribution in [2.75, 3.05) is 4.90 Å². The van der Waals surface area contributed by atoms with Crippen LogP contribution < -0.4 is 4.90 Å². The van der Waals surface area contributed by atoms with Crippen LogP contribution >= 0.6 is 0 Å². The lowest BCUT2D eigenvalue weighted by Gasteiger charge is -2.31. The topological polar surface area (TPSA) is 32.0 Å². The number of allylic oxidation sites excluding steroid dienone is 3. The summed E-state index contributed by atoms with van der Waals surface area (Å²) in [4.78, 5) is 2.30. The molecule has 0 spiro atoms. The molecule has 4 aromatic rings. The van der Waals surface area contributed by atoms with Crippen LogP contribution in [0, 0.1) is 18.3 Å². The molecule has 0 amide bonds. The van der Waals surface area contributed by atoms with E-state index in [-0.39, 0.29) is 0 Å². The van der Waals surface area contributed by atoms with Crippen molar-refractivity contribution < 1.29 is 0 Å². The summed E-state index contributed by atoms with van der Waals surface area (Å²) in [5.41, 5.74) is 14.7. The summed E-state index contributed by atoms with van der Waals surface area (Å²) in [7, 11) is 0. The lowest BCUT2D eigenvalue weighted by molar-refractivity contribution is 0.873. The molecule has 168 valence electrons. The van der Waals surface area contributed by atoms with Crippen LogP contribution in [0.4, 0.5) is 5.69 Å². The summed E-state index contributed by atoms with van der Waals surface area (Å²) in [5, 5.41) is 10.9. The van der Waals surface area contributed by atoms with E-state index in [9.17, 15) is 5.26 Å². The predicted octanol–water partition coefficient (Wildman–Crippen LogP) is 7.60. The van der Waals surface area contributed by atoms with Crippen molar-refractivity contribution in [3.05, 3.63) is 130 Å². The second kappa shape index (κ2) is 8.37. The van der Waals surface area contributed by atoms with Crippen LogP contribution in [-0.4, -0.2) is 4.57 Å². The van der Waals surface area contributed by atoms with Crippen LogP contribution in [0.25, 0.3) is 22.7 Å². The molecule has 0 radical (unpaired) electrons. The molecule has 0 aliphatic heterocycles. The number of anilines is 1. The normalized spacial score (nSPS) is 14.3. The van der Waals surface area contributed by atoms with Gasteiger partial charge in [0.25, 0.3) is 0 Å². The lowest BCUT2D eigenvalue weighted by atomic mass is 9.97. The largest absolute Gasteiger partial charge is 0.313 e. The van der Waals surface area contributed by atoms with E-state index in [1.165, 1.54) is 44.7 Å². The van der Waals surface area contributed by atoms with E-state index < -0.39 is 0 Å². The van der Waals surface area contributed by atoms with Gasteiger partial charge in [-0.3, -0.25) is 0 Å². The van der Waals surface area contributed by atoms with Crippen molar-refractivity contribution in [3.63, 3.8) is 0 Å². The fourth-order valence-corrected chi connectivity index (χ4v) is 5.29. The summed E-state index contributed by atoms with van der Waals surface area (Å²) in [6.07, 6.45) is 8.27. The van der Waals surface area contributed by atoms with Crippen molar-refractivity contribution in [3.8, 4) is 11.8 Å². The smallest absolute Gasteiger partial charge is 0.0992 e. The van der Waals surface area contributed by atoms with Gasteiger partial charge in [0.15, 0.2) is 0 Å². The summed E-state index contributed by atoms with van der Waals surface area (Å²) in [6.45, 7) is 4.26. The fraction of sp³-hybridized carbons (Fsp3) is 0.125. The number of benzene rings is 3. The number of nitrogens with zero attached hydrogens (tertiary/aromatic N) is 3. The minimum absolute atomic E-state index is 0.659. The fourth-order valence-electron chi connectivity index (χ4n) is 5.29. The standard InChI is InChI=1S/C32H25N3/c1-22-8-5-11-25(18-22)35-31-14-4-3-13-28(31)29-17-16-27(20-32(29)35)34(30-15-6-9-23(30)2)26-12-7-10-24(19-26)21-33/h3-5,7-15,18-20H,16-17H2,1-2H3. The van der Waals surface area contributed by atoms with Crippen LogP contribution in [0.5, 0.6) is 0 Å². The summed E-state index contributed by atoms with van der Waals surface area (Å²) >= 11 is 0. The average Bonchev–Trinajstić information content (AvgIpc) is 3.45. The number of para-hydroxylation sites is 1. The second-order valence-electron chi connectivity index (χ2n) is 9.21. The number of aryl methyl sites for hydroxylation is 2. The molecule has 1 heterocycles. The predicted molar refractivity (Wildman–Crippen MR) is 143 cm³/mol. The molecule has 0 N–H and O–H groups in total. The van der Waals surface area contributed by atoms with E-state index in [2.05, 4.69) is 95.8 Å². The second-order valence-corrected chi connectivity index (χ2v) is 9.21. The zero-order chi connectivity index (χ0) is 23.9. The molecule has 0 saturated carbocycles. The zero-order valence-corrected chi connectivity index (χ0v) is 19.9. The minimum atomic E-state index is 0.659. The van der Waals surface area contributed by atoms with E-state index in [1.807, 2.05) is 30.4 Å². The first-order chi connectivity index (χ1) is 17.1. The Morgan fingerprint density at radius 1 is 0.914 bits per heavy atom. The zero-order valence-electron chi connectivity index (χ0n) is 19.9. The van der Waals surface area contributed by atoms with E-state index in [1.54, 1.807) is 0 Å². The highest BCUT2D eigenvalue weighted by Gasteiger charge is 2.26. The number of aromatic nitrogens is 1. The Morgan fingerprint density at radius 3 is 2.57 bits per heavy atom. The van der Waals surface area contributed by atoms with Gasteiger partial charge in [-0.2, -0.15) is 5.26 Å². The van der Waals surface area contributed by atoms with Crippen LogP contribution in [0.3, 0.4) is 0 Å². The molecule has 1 aromatic heterocycles. The van der Waals surface area contributed by atoms with Gasteiger partial charge in [-0.1, -0.05) is 36.4 Å². The molecule has 0 atom stereocenters. The highest BCUT2D eigenvalue weighted by molar-refractivity contribution is 5.91. The van der Waals surface area contributed by atoms with Gasteiger partial charge < -0.3 is 9.47 Å². The van der Waals surface area contributed by atoms with Gasteiger partial charge in [0, 0.05) is 28.5 Å². The minimum Gasteiger partial charge on any atom is -0.313 e. The highest BCUT2D eigenvalue weighted by Crippen LogP contribution is 2.40. The van der Waals surface area contributed by atoms with Gasteiger partial charge >= 0.3 is 0 Å². The molecule has 2 aliphatic rings. The highest BCUT2D eigenvalue weighted by atomic mass is 15.2. The Labute approximate surface area is 205 Å². The Hall–Kier alpha value is -4.51. The van der Waals surface area contributed by atoms with E-state index in [0.29, 0.717) is 5.56 Å². The third-order valence-electron chi connectivity index (χ3n) is 6.90. The quantitative estimate of drug-likeness (QED) is 0.299. The van der Waals surface area contributed by atoms with Crippen LogP contribution in [0.1, 0.15) is 35.7 Å². The number of nitriles is 1. The third kappa shape index (κ3) is 3.53. The van der Waals surface area contributed by atoms with Gasteiger partial charge in [-0.05, 0) is 91.9 Å². The van der Waals surface area contributed by atoms with Crippen molar-refractivity contribution in [2.24, 2.45) is 0 Å².